The van der Waals surface area contributed by atoms with Gasteiger partial charge in [-0.2, -0.15) is 0 Å². The zero-order chi connectivity index (χ0) is 10.7. The van der Waals surface area contributed by atoms with E-state index in [0.29, 0.717) is 5.82 Å². The molecule has 4 heteroatoms. The van der Waals surface area contributed by atoms with E-state index in [1.807, 2.05) is 12.1 Å². The highest BCUT2D eigenvalue weighted by Crippen LogP contribution is 2.29. The van der Waals surface area contributed by atoms with Crippen molar-refractivity contribution >= 4 is 5.82 Å². The molecule has 0 aromatic carbocycles. The molecule has 78 valence electrons. The van der Waals surface area contributed by atoms with E-state index in [-0.39, 0.29) is 0 Å². The van der Waals surface area contributed by atoms with Crippen molar-refractivity contribution in [2.45, 2.75) is 19.8 Å². The maximum absolute atomic E-state index is 5.77. The van der Waals surface area contributed by atoms with E-state index in [1.165, 1.54) is 0 Å². The Bertz CT molecular complexity index is 436. The number of hydrogen-bond acceptors (Lipinski definition) is 4. The summed E-state index contributed by atoms with van der Waals surface area (Å²) in [6, 6.07) is 3.83. The quantitative estimate of drug-likeness (QED) is 0.831. The van der Waals surface area contributed by atoms with Crippen molar-refractivity contribution < 1.29 is 4.52 Å². The molecule has 0 aliphatic rings. The standard InChI is InChI=1S/C11H13N3O/c1-2-4-9-10(11(12)14-15-9)8-5-3-6-13-7-8/h3,5-7H,2,4H2,1H3,(H2,12,14). The Kier molecular flexibility index (Phi) is 2.67. The van der Waals surface area contributed by atoms with E-state index in [0.717, 1.165) is 29.7 Å². The summed E-state index contributed by atoms with van der Waals surface area (Å²) in [5.41, 5.74) is 7.61. The third-order valence-electron chi connectivity index (χ3n) is 2.22. The summed E-state index contributed by atoms with van der Waals surface area (Å²) < 4.78 is 5.19. The zero-order valence-electron chi connectivity index (χ0n) is 8.60. The summed E-state index contributed by atoms with van der Waals surface area (Å²) in [7, 11) is 0. The topological polar surface area (TPSA) is 64.9 Å². The van der Waals surface area contributed by atoms with Gasteiger partial charge in [0.25, 0.3) is 0 Å². The van der Waals surface area contributed by atoms with E-state index in [1.54, 1.807) is 12.4 Å². The number of hydrogen-bond donors (Lipinski definition) is 1. The largest absolute Gasteiger partial charge is 0.380 e. The Morgan fingerprint density at radius 3 is 3.00 bits per heavy atom. The Balaban J connectivity index is 2.47. The van der Waals surface area contributed by atoms with Gasteiger partial charge in [-0.1, -0.05) is 18.1 Å². The molecule has 2 aromatic heterocycles. The Morgan fingerprint density at radius 1 is 1.47 bits per heavy atom. The minimum atomic E-state index is 0.437. The minimum absolute atomic E-state index is 0.437. The number of aromatic nitrogens is 2. The molecule has 0 bridgehead atoms. The van der Waals surface area contributed by atoms with Crippen LogP contribution in [0, 0.1) is 0 Å². The van der Waals surface area contributed by atoms with Crippen LogP contribution >= 0.6 is 0 Å². The van der Waals surface area contributed by atoms with Crippen LogP contribution in [0.2, 0.25) is 0 Å². The lowest BCUT2D eigenvalue weighted by atomic mass is 10.1. The summed E-state index contributed by atoms with van der Waals surface area (Å²) in [5.74, 6) is 1.27. The van der Waals surface area contributed by atoms with Gasteiger partial charge in [-0.05, 0) is 12.5 Å². The number of nitrogens with zero attached hydrogens (tertiary/aromatic N) is 2. The van der Waals surface area contributed by atoms with Gasteiger partial charge in [0, 0.05) is 24.4 Å². The molecule has 0 fully saturated rings. The molecule has 2 rings (SSSR count). The highest BCUT2D eigenvalue weighted by atomic mass is 16.5. The van der Waals surface area contributed by atoms with Gasteiger partial charge in [-0.25, -0.2) is 0 Å². The van der Waals surface area contributed by atoms with E-state index in [9.17, 15) is 0 Å². The third kappa shape index (κ3) is 1.83. The molecule has 0 aliphatic carbocycles. The number of anilines is 1. The number of rotatable bonds is 3. The van der Waals surface area contributed by atoms with Gasteiger partial charge in [0.05, 0.1) is 5.56 Å². The lowest BCUT2D eigenvalue weighted by Crippen LogP contribution is -1.90. The first kappa shape index (κ1) is 9.71. The van der Waals surface area contributed by atoms with Crippen LogP contribution in [-0.4, -0.2) is 10.1 Å². The van der Waals surface area contributed by atoms with E-state index >= 15 is 0 Å². The molecule has 2 aromatic rings. The van der Waals surface area contributed by atoms with Crippen LogP contribution in [0.4, 0.5) is 5.82 Å². The minimum Gasteiger partial charge on any atom is -0.380 e. The second-order valence-corrected chi connectivity index (χ2v) is 3.36. The number of aryl methyl sites for hydroxylation is 1. The maximum Gasteiger partial charge on any atom is 0.175 e. The van der Waals surface area contributed by atoms with Gasteiger partial charge in [0.1, 0.15) is 5.76 Å². The van der Waals surface area contributed by atoms with Gasteiger partial charge < -0.3 is 10.3 Å². The SMILES string of the molecule is CCCc1onc(N)c1-c1cccnc1. The van der Waals surface area contributed by atoms with Gasteiger partial charge in [0.2, 0.25) is 0 Å². The summed E-state index contributed by atoms with van der Waals surface area (Å²) in [4.78, 5) is 4.06. The fourth-order valence-electron chi connectivity index (χ4n) is 1.56. The molecular formula is C11H13N3O. The van der Waals surface area contributed by atoms with Gasteiger partial charge in [-0.15, -0.1) is 0 Å². The van der Waals surface area contributed by atoms with E-state index in [2.05, 4.69) is 17.1 Å². The molecule has 4 nitrogen and oxygen atoms in total. The van der Waals surface area contributed by atoms with Gasteiger partial charge >= 0.3 is 0 Å². The molecular weight excluding hydrogens is 190 g/mol. The number of pyridine rings is 1. The van der Waals surface area contributed by atoms with E-state index in [4.69, 9.17) is 10.3 Å². The van der Waals surface area contributed by atoms with Crippen LogP contribution < -0.4 is 5.73 Å². The van der Waals surface area contributed by atoms with Crippen molar-refractivity contribution in [3.8, 4) is 11.1 Å². The maximum atomic E-state index is 5.77. The summed E-state index contributed by atoms with van der Waals surface area (Å²) in [6.07, 6.45) is 5.34. The lowest BCUT2D eigenvalue weighted by molar-refractivity contribution is 0.385. The molecule has 2 heterocycles. The van der Waals surface area contributed by atoms with Crippen molar-refractivity contribution in [2.75, 3.05) is 5.73 Å². The molecule has 0 radical (unpaired) electrons. The molecule has 0 unspecified atom stereocenters. The highest BCUT2D eigenvalue weighted by Gasteiger charge is 2.14. The first-order valence-corrected chi connectivity index (χ1v) is 4.97. The second-order valence-electron chi connectivity index (χ2n) is 3.36. The fraction of sp³-hybridized carbons (Fsp3) is 0.273. The normalized spacial score (nSPS) is 10.5. The molecule has 0 amide bonds. The first-order chi connectivity index (χ1) is 7.33. The van der Waals surface area contributed by atoms with Crippen LogP contribution in [0.25, 0.3) is 11.1 Å². The predicted molar refractivity (Wildman–Crippen MR) is 58.1 cm³/mol. The molecule has 0 atom stereocenters. The average Bonchev–Trinajstić information content (AvgIpc) is 2.62. The van der Waals surface area contributed by atoms with Crippen molar-refractivity contribution in [2.24, 2.45) is 0 Å². The Morgan fingerprint density at radius 2 is 2.33 bits per heavy atom. The summed E-state index contributed by atoms with van der Waals surface area (Å²) >= 11 is 0. The number of nitrogen functional groups attached to an aromatic ring is 1. The van der Waals surface area contributed by atoms with Gasteiger partial charge in [-0.3, -0.25) is 4.98 Å². The summed E-state index contributed by atoms with van der Waals surface area (Å²) in [5, 5.41) is 3.79. The Labute approximate surface area is 88.1 Å². The van der Waals surface area contributed by atoms with Crippen LogP contribution in [0.5, 0.6) is 0 Å². The van der Waals surface area contributed by atoms with Crippen molar-refractivity contribution in [1.29, 1.82) is 0 Å². The molecule has 2 N–H and O–H groups in total. The molecule has 0 saturated carbocycles. The molecule has 15 heavy (non-hydrogen) atoms. The smallest absolute Gasteiger partial charge is 0.175 e. The van der Waals surface area contributed by atoms with Crippen LogP contribution in [-0.2, 0) is 6.42 Å². The van der Waals surface area contributed by atoms with Crippen LogP contribution in [0.15, 0.2) is 29.0 Å². The monoisotopic (exact) mass is 203 g/mol. The molecule has 0 aliphatic heterocycles. The summed E-state index contributed by atoms with van der Waals surface area (Å²) in [6.45, 7) is 2.09. The predicted octanol–water partition coefficient (Wildman–Crippen LogP) is 2.27. The lowest BCUT2D eigenvalue weighted by Gasteiger charge is -1.99. The van der Waals surface area contributed by atoms with Gasteiger partial charge in [0.15, 0.2) is 5.82 Å². The first-order valence-electron chi connectivity index (χ1n) is 4.97. The molecule has 0 spiro atoms. The zero-order valence-corrected chi connectivity index (χ0v) is 8.60. The number of nitrogens with two attached hydrogens (primary N) is 1. The van der Waals surface area contributed by atoms with Crippen LogP contribution in [0.1, 0.15) is 19.1 Å². The highest BCUT2D eigenvalue weighted by molar-refractivity contribution is 5.74. The van der Waals surface area contributed by atoms with E-state index < -0.39 is 0 Å². The Hall–Kier alpha value is -1.84. The fourth-order valence-corrected chi connectivity index (χ4v) is 1.56. The van der Waals surface area contributed by atoms with Crippen molar-refractivity contribution in [1.82, 2.24) is 10.1 Å². The average molecular weight is 203 g/mol. The molecule has 0 saturated heterocycles. The van der Waals surface area contributed by atoms with Crippen molar-refractivity contribution in [3.63, 3.8) is 0 Å². The van der Waals surface area contributed by atoms with Crippen molar-refractivity contribution in [3.05, 3.63) is 30.3 Å². The third-order valence-corrected chi connectivity index (χ3v) is 2.22. The second kappa shape index (κ2) is 4.13. The van der Waals surface area contributed by atoms with Crippen LogP contribution in [0.3, 0.4) is 0 Å².